The third kappa shape index (κ3) is 2.60. The lowest BCUT2D eigenvalue weighted by Crippen LogP contribution is -2.34. The molecule has 90 valence electrons. The molecule has 0 aliphatic heterocycles. The molecule has 2 aliphatic rings. The second kappa shape index (κ2) is 4.30. The van der Waals surface area contributed by atoms with Crippen molar-refractivity contribution >= 4 is 23.0 Å². The Morgan fingerprint density at radius 2 is 1.94 bits per heavy atom. The fourth-order valence-electron chi connectivity index (χ4n) is 2.54. The standard InChI is InChI=1S/C14H18N2S/c17-13(16-12-4-2-1-3-5-12)15-10-14(8-9-14)11-6-7-11/h1-5,11H,6-10H2,(H2,15,16,17). The predicted molar refractivity (Wildman–Crippen MR) is 75.1 cm³/mol. The lowest BCUT2D eigenvalue weighted by Gasteiger charge is -2.17. The molecule has 2 nitrogen and oxygen atoms in total. The van der Waals surface area contributed by atoms with Crippen LogP contribution in [-0.4, -0.2) is 11.7 Å². The van der Waals surface area contributed by atoms with Gasteiger partial charge in [-0.25, -0.2) is 0 Å². The van der Waals surface area contributed by atoms with Crippen molar-refractivity contribution in [3.63, 3.8) is 0 Å². The molecule has 0 heterocycles. The highest BCUT2D eigenvalue weighted by atomic mass is 32.1. The highest BCUT2D eigenvalue weighted by Gasteiger charge is 2.53. The topological polar surface area (TPSA) is 24.1 Å². The Morgan fingerprint density at radius 1 is 1.24 bits per heavy atom. The number of para-hydroxylation sites is 1. The highest BCUT2D eigenvalue weighted by Crippen LogP contribution is 2.60. The van der Waals surface area contributed by atoms with E-state index in [4.69, 9.17) is 12.2 Å². The predicted octanol–water partition coefficient (Wildman–Crippen LogP) is 3.16. The summed E-state index contributed by atoms with van der Waals surface area (Å²) in [4.78, 5) is 0. The Balaban J connectivity index is 1.48. The smallest absolute Gasteiger partial charge is 0.170 e. The van der Waals surface area contributed by atoms with Crippen molar-refractivity contribution in [2.75, 3.05) is 11.9 Å². The average Bonchev–Trinajstić information content (AvgIpc) is 3.20. The third-order valence-electron chi connectivity index (χ3n) is 3.97. The van der Waals surface area contributed by atoms with E-state index in [1.54, 1.807) is 0 Å². The summed E-state index contributed by atoms with van der Waals surface area (Å²) in [6, 6.07) is 10.1. The molecule has 0 aromatic heterocycles. The Labute approximate surface area is 108 Å². The quantitative estimate of drug-likeness (QED) is 0.798. The molecule has 0 atom stereocenters. The number of hydrogen-bond acceptors (Lipinski definition) is 1. The Kier molecular flexibility index (Phi) is 2.79. The van der Waals surface area contributed by atoms with Gasteiger partial charge in [0.2, 0.25) is 0 Å². The van der Waals surface area contributed by atoms with E-state index in [9.17, 15) is 0 Å². The second-order valence-electron chi connectivity index (χ2n) is 5.31. The molecule has 1 aromatic carbocycles. The van der Waals surface area contributed by atoms with Gasteiger partial charge in [-0.2, -0.15) is 0 Å². The summed E-state index contributed by atoms with van der Waals surface area (Å²) < 4.78 is 0. The number of anilines is 1. The first-order valence-electron chi connectivity index (χ1n) is 6.38. The van der Waals surface area contributed by atoms with Gasteiger partial charge in [0.15, 0.2) is 5.11 Å². The molecule has 0 spiro atoms. The first-order chi connectivity index (χ1) is 8.28. The third-order valence-corrected chi connectivity index (χ3v) is 4.21. The summed E-state index contributed by atoms with van der Waals surface area (Å²) >= 11 is 5.32. The first-order valence-corrected chi connectivity index (χ1v) is 6.79. The number of rotatable bonds is 4. The van der Waals surface area contributed by atoms with Crippen molar-refractivity contribution in [2.45, 2.75) is 25.7 Å². The van der Waals surface area contributed by atoms with Gasteiger partial charge in [-0.3, -0.25) is 0 Å². The van der Waals surface area contributed by atoms with Crippen molar-refractivity contribution in [1.82, 2.24) is 5.32 Å². The SMILES string of the molecule is S=C(NCC1(C2CC2)CC1)Nc1ccccc1. The Morgan fingerprint density at radius 3 is 2.53 bits per heavy atom. The normalized spacial score (nSPS) is 20.7. The summed E-state index contributed by atoms with van der Waals surface area (Å²) in [7, 11) is 0. The zero-order valence-corrected chi connectivity index (χ0v) is 10.7. The van der Waals surface area contributed by atoms with E-state index in [0.717, 1.165) is 23.3 Å². The van der Waals surface area contributed by atoms with Crippen LogP contribution in [-0.2, 0) is 0 Å². The van der Waals surface area contributed by atoms with E-state index < -0.39 is 0 Å². The van der Waals surface area contributed by atoms with Crippen LogP contribution in [0.3, 0.4) is 0 Å². The van der Waals surface area contributed by atoms with E-state index in [0.29, 0.717) is 5.41 Å². The van der Waals surface area contributed by atoms with Gasteiger partial charge in [-0.15, -0.1) is 0 Å². The van der Waals surface area contributed by atoms with Gasteiger partial charge < -0.3 is 10.6 Å². The maximum absolute atomic E-state index is 5.32. The molecule has 2 aliphatic carbocycles. The summed E-state index contributed by atoms with van der Waals surface area (Å²) in [5, 5.41) is 7.35. The summed E-state index contributed by atoms with van der Waals surface area (Å²) in [5.74, 6) is 0.981. The summed E-state index contributed by atoms with van der Waals surface area (Å²) in [6.45, 7) is 1.05. The molecule has 1 aromatic rings. The van der Waals surface area contributed by atoms with Crippen LogP contribution in [0.5, 0.6) is 0 Å². The van der Waals surface area contributed by atoms with Crippen LogP contribution in [0.2, 0.25) is 0 Å². The molecular weight excluding hydrogens is 228 g/mol. The van der Waals surface area contributed by atoms with E-state index in [2.05, 4.69) is 10.6 Å². The molecule has 0 unspecified atom stereocenters. The van der Waals surface area contributed by atoms with Crippen LogP contribution in [0, 0.1) is 11.3 Å². The van der Waals surface area contributed by atoms with Gasteiger partial charge >= 0.3 is 0 Å². The summed E-state index contributed by atoms with van der Waals surface area (Å²) in [5.41, 5.74) is 1.66. The van der Waals surface area contributed by atoms with Gasteiger partial charge in [0.1, 0.15) is 0 Å². The van der Waals surface area contributed by atoms with Gasteiger partial charge in [-0.05, 0) is 61.4 Å². The van der Waals surface area contributed by atoms with E-state index >= 15 is 0 Å². The molecule has 2 N–H and O–H groups in total. The lowest BCUT2D eigenvalue weighted by atomic mass is 10.0. The molecule has 2 fully saturated rings. The minimum Gasteiger partial charge on any atom is -0.362 e. The van der Waals surface area contributed by atoms with Crippen LogP contribution >= 0.6 is 12.2 Å². The van der Waals surface area contributed by atoms with E-state index in [-0.39, 0.29) is 0 Å². The monoisotopic (exact) mass is 246 g/mol. The van der Waals surface area contributed by atoms with Gasteiger partial charge in [0.25, 0.3) is 0 Å². The maximum atomic E-state index is 5.32. The van der Waals surface area contributed by atoms with Crippen molar-refractivity contribution in [3.05, 3.63) is 30.3 Å². The maximum Gasteiger partial charge on any atom is 0.170 e. The number of nitrogens with one attached hydrogen (secondary N) is 2. The van der Waals surface area contributed by atoms with Crippen LogP contribution in [0.15, 0.2) is 30.3 Å². The Bertz CT molecular complexity index is 407. The molecule has 3 rings (SSSR count). The zero-order valence-electron chi connectivity index (χ0n) is 9.91. The van der Waals surface area contributed by atoms with Crippen molar-refractivity contribution < 1.29 is 0 Å². The Hall–Kier alpha value is -1.09. The number of thiocarbonyl (C=S) groups is 1. The van der Waals surface area contributed by atoms with Crippen LogP contribution in [0.4, 0.5) is 5.69 Å². The van der Waals surface area contributed by atoms with Crippen LogP contribution in [0.25, 0.3) is 0 Å². The van der Waals surface area contributed by atoms with Crippen molar-refractivity contribution in [2.24, 2.45) is 11.3 Å². The van der Waals surface area contributed by atoms with E-state index in [1.165, 1.54) is 25.7 Å². The summed E-state index contributed by atoms with van der Waals surface area (Å²) in [6.07, 6.45) is 5.64. The van der Waals surface area contributed by atoms with Gasteiger partial charge in [0, 0.05) is 12.2 Å². The fraction of sp³-hybridized carbons (Fsp3) is 0.500. The van der Waals surface area contributed by atoms with E-state index in [1.807, 2.05) is 30.3 Å². The van der Waals surface area contributed by atoms with Gasteiger partial charge in [0.05, 0.1) is 0 Å². The average molecular weight is 246 g/mol. The van der Waals surface area contributed by atoms with Gasteiger partial charge in [-0.1, -0.05) is 18.2 Å². The lowest BCUT2D eigenvalue weighted by molar-refractivity contribution is 0.435. The molecule has 0 bridgehead atoms. The molecule has 2 saturated carbocycles. The second-order valence-corrected chi connectivity index (χ2v) is 5.72. The van der Waals surface area contributed by atoms with Crippen LogP contribution in [0.1, 0.15) is 25.7 Å². The minimum absolute atomic E-state index is 0.600. The first kappa shape index (κ1) is 11.0. The van der Waals surface area contributed by atoms with Crippen molar-refractivity contribution in [3.8, 4) is 0 Å². The fourth-order valence-corrected chi connectivity index (χ4v) is 2.73. The molecule has 0 amide bonds. The molecule has 3 heteroatoms. The molecular formula is C14H18N2S. The minimum atomic E-state index is 0.600. The highest BCUT2D eigenvalue weighted by molar-refractivity contribution is 7.80. The van der Waals surface area contributed by atoms with Crippen molar-refractivity contribution in [1.29, 1.82) is 0 Å². The molecule has 0 saturated heterocycles. The molecule has 0 radical (unpaired) electrons. The number of benzene rings is 1. The molecule has 17 heavy (non-hydrogen) atoms. The number of hydrogen-bond donors (Lipinski definition) is 2. The zero-order chi connectivity index (χ0) is 11.7. The van der Waals surface area contributed by atoms with Crippen LogP contribution < -0.4 is 10.6 Å². The largest absolute Gasteiger partial charge is 0.362 e.